The zero-order valence-corrected chi connectivity index (χ0v) is 17.0. The van der Waals surface area contributed by atoms with E-state index in [1.165, 1.54) is 12.1 Å². The third-order valence-electron chi connectivity index (χ3n) is 6.41. The van der Waals surface area contributed by atoms with E-state index in [9.17, 15) is 19.1 Å². The van der Waals surface area contributed by atoms with Gasteiger partial charge in [0.15, 0.2) is 0 Å². The predicted octanol–water partition coefficient (Wildman–Crippen LogP) is 1.01. The molecule has 2 aliphatic rings. The summed E-state index contributed by atoms with van der Waals surface area (Å²) in [6.07, 6.45) is 0. The standard InChI is InChI=1S/C22H26FN3O4/c1-25-18-11-26-17(8-7-15(22(26)29)13-3-5-14(23)6-4-13)20(25)19(16(18)12-27)21(28)24-9-10-30-2/h3-8,16,18-20,27H,9-12H2,1-2H3,(H,24,28)/t16-,18-,19+,20+/m1/s1. The predicted molar refractivity (Wildman–Crippen MR) is 109 cm³/mol. The Morgan fingerprint density at radius 2 is 2.00 bits per heavy atom. The van der Waals surface area contributed by atoms with Crippen LogP contribution in [0.25, 0.3) is 11.1 Å². The molecule has 2 aliphatic heterocycles. The largest absolute Gasteiger partial charge is 0.396 e. The Balaban J connectivity index is 1.73. The number of hydrogen-bond acceptors (Lipinski definition) is 5. The number of hydrogen-bond donors (Lipinski definition) is 2. The lowest BCUT2D eigenvalue weighted by Gasteiger charge is -2.35. The zero-order chi connectivity index (χ0) is 21.4. The maximum atomic E-state index is 13.3. The van der Waals surface area contributed by atoms with Gasteiger partial charge in [0.2, 0.25) is 5.91 Å². The number of aromatic nitrogens is 1. The topological polar surface area (TPSA) is 83.8 Å². The highest BCUT2D eigenvalue weighted by Gasteiger charge is 2.54. The van der Waals surface area contributed by atoms with Crippen LogP contribution >= 0.6 is 0 Å². The summed E-state index contributed by atoms with van der Waals surface area (Å²) in [6, 6.07) is 9.01. The second kappa shape index (κ2) is 8.29. The summed E-state index contributed by atoms with van der Waals surface area (Å²) in [6.45, 7) is 1.05. The zero-order valence-electron chi connectivity index (χ0n) is 17.0. The number of ether oxygens (including phenoxy) is 1. The quantitative estimate of drug-likeness (QED) is 0.688. The molecule has 1 aromatic heterocycles. The monoisotopic (exact) mass is 415 g/mol. The Bertz CT molecular complexity index is 991. The van der Waals surface area contributed by atoms with Crippen LogP contribution in [0, 0.1) is 17.7 Å². The van der Waals surface area contributed by atoms with Gasteiger partial charge in [0.05, 0.1) is 18.6 Å². The molecule has 8 heteroatoms. The first-order valence-electron chi connectivity index (χ1n) is 10.1. The number of fused-ring (bicyclic) bond motifs is 4. The molecule has 0 radical (unpaired) electrons. The molecule has 0 aliphatic carbocycles. The molecule has 3 heterocycles. The highest BCUT2D eigenvalue weighted by molar-refractivity contribution is 5.80. The molecule has 0 saturated carbocycles. The van der Waals surface area contributed by atoms with Crippen molar-refractivity contribution in [2.45, 2.75) is 18.6 Å². The fraction of sp³-hybridized carbons (Fsp3) is 0.455. The Labute approximate surface area is 174 Å². The van der Waals surface area contributed by atoms with Crippen molar-refractivity contribution < 1.29 is 19.0 Å². The second-order valence-corrected chi connectivity index (χ2v) is 7.93. The van der Waals surface area contributed by atoms with Gasteiger partial charge in [-0.25, -0.2) is 4.39 Å². The fourth-order valence-corrected chi connectivity index (χ4v) is 4.93. The van der Waals surface area contributed by atoms with Crippen LogP contribution < -0.4 is 10.9 Å². The van der Waals surface area contributed by atoms with Crippen LogP contribution in [-0.4, -0.2) is 60.4 Å². The number of nitrogens with zero attached hydrogens (tertiary/aromatic N) is 2. The van der Waals surface area contributed by atoms with Crippen LogP contribution in [0.5, 0.6) is 0 Å². The summed E-state index contributed by atoms with van der Waals surface area (Å²) in [5.41, 5.74) is 1.73. The molecule has 2 N–H and O–H groups in total. The first kappa shape index (κ1) is 20.7. The Hall–Kier alpha value is -2.55. The molecule has 7 nitrogen and oxygen atoms in total. The van der Waals surface area contributed by atoms with Gasteiger partial charge < -0.3 is 19.7 Å². The third kappa shape index (κ3) is 3.34. The number of amides is 1. The van der Waals surface area contributed by atoms with Crippen molar-refractivity contribution in [1.82, 2.24) is 14.8 Å². The third-order valence-corrected chi connectivity index (χ3v) is 6.41. The van der Waals surface area contributed by atoms with Crippen LogP contribution in [0.1, 0.15) is 11.7 Å². The highest BCUT2D eigenvalue weighted by Crippen LogP contribution is 2.47. The van der Waals surface area contributed by atoms with Crippen LogP contribution in [0.2, 0.25) is 0 Å². The summed E-state index contributed by atoms with van der Waals surface area (Å²) >= 11 is 0. The molecule has 1 aromatic carbocycles. The van der Waals surface area contributed by atoms with Crippen LogP contribution in [-0.2, 0) is 16.1 Å². The van der Waals surface area contributed by atoms with E-state index in [2.05, 4.69) is 10.2 Å². The molecule has 4 rings (SSSR count). The van der Waals surface area contributed by atoms with Crippen molar-refractivity contribution in [3.8, 4) is 11.1 Å². The highest BCUT2D eigenvalue weighted by atomic mass is 19.1. The van der Waals surface area contributed by atoms with Gasteiger partial charge in [-0.15, -0.1) is 0 Å². The van der Waals surface area contributed by atoms with E-state index < -0.39 is 5.92 Å². The number of halogens is 1. The Morgan fingerprint density at radius 3 is 2.67 bits per heavy atom. The van der Waals surface area contributed by atoms with Crippen LogP contribution in [0.4, 0.5) is 4.39 Å². The smallest absolute Gasteiger partial charge is 0.258 e. The van der Waals surface area contributed by atoms with Crippen molar-refractivity contribution in [2.75, 3.05) is 33.9 Å². The van der Waals surface area contributed by atoms with E-state index >= 15 is 0 Å². The van der Waals surface area contributed by atoms with Gasteiger partial charge in [-0.05, 0) is 36.9 Å². The average Bonchev–Trinajstić information content (AvgIpc) is 2.91. The maximum absolute atomic E-state index is 13.3. The molecular formula is C22H26FN3O4. The van der Waals surface area contributed by atoms with E-state index in [-0.39, 0.29) is 41.9 Å². The Kier molecular flexibility index (Phi) is 5.73. The van der Waals surface area contributed by atoms with Crippen molar-refractivity contribution in [3.63, 3.8) is 0 Å². The first-order chi connectivity index (χ1) is 14.5. The normalized spacial score (nSPS) is 25.2. The van der Waals surface area contributed by atoms with E-state index in [0.29, 0.717) is 30.8 Å². The van der Waals surface area contributed by atoms with Gasteiger partial charge in [-0.3, -0.25) is 14.5 Å². The van der Waals surface area contributed by atoms with E-state index in [4.69, 9.17) is 4.74 Å². The minimum Gasteiger partial charge on any atom is -0.396 e. The van der Waals surface area contributed by atoms with Crippen LogP contribution in [0.15, 0.2) is 41.2 Å². The van der Waals surface area contributed by atoms with Gasteiger partial charge in [0, 0.05) is 50.0 Å². The SMILES string of the molecule is COCCNC(=O)[C@H]1[C@H](CO)[C@H]2Cn3c(ccc(-c4ccc(F)cc4)c3=O)[C@@H]1N2C. The number of methoxy groups -OCH3 is 1. The van der Waals surface area contributed by atoms with Gasteiger partial charge >= 0.3 is 0 Å². The second-order valence-electron chi connectivity index (χ2n) is 7.93. The van der Waals surface area contributed by atoms with E-state index in [0.717, 1.165) is 5.69 Å². The van der Waals surface area contributed by atoms with E-state index in [1.54, 1.807) is 29.9 Å². The Morgan fingerprint density at radius 1 is 1.27 bits per heavy atom. The minimum atomic E-state index is -0.466. The molecule has 0 spiro atoms. The number of rotatable bonds is 6. The van der Waals surface area contributed by atoms with Crippen molar-refractivity contribution in [1.29, 1.82) is 0 Å². The average molecular weight is 415 g/mol. The van der Waals surface area contributed by atoms with Gasteiger partial charge in [0.25, 0.3) is 5.56 Å². The molecule has 0 unspecified atom stereocenters. The first-order valence-corrected chi connectivity index (χ1v) is 10.1. The molecular weight excluding hydrogens is 389 g/mol. The number of likely N-dealkylation sites (N-methyl/N-ethyl adjacent to an activating group) is 1. The van der Waals surface area contributed by atoms with Crippen molar-refractivity contribution >= 4 is 5.91 Å². The number of pyridine rings is 1. The van der Waals surface area contributed by atoms with Crippen molar-refractivity contribution in [3.05, 3.63) is 58.3 Å². The maximum Gasteiger partial charge on any atom is 0.258 e. The molecule has 30 heavy (non-hydrogen) atoms. The molecule has 4 atom stereocenters. The molecule has 2 aromatic rings. The molecule has 2 bridgehead atoms. The van der Waals surface area contributed by atoms with Crippen LogP contribution in [0.3, 0.4) is 0 Å². The molecule has 1 fully saturated rings. The van der Waals surface area contributed by atoms with Gasteiger partial charge in [0.1, 0.15) is 5.82 Å². The number of aliphatic hydroxyl groups excluding tert-OH is 1. The summed E-state index contributed by atoms with van der Waals surface area (Å²) in [7, 11) is 3.50. The minimum absolute atomic E-state index is 0.133. The number of nitrogens with one attached hydrogen (secondary N) is 1. The van der Waals surface area contributed by atoms with E-state index in [1.807, 2.05) is 13.1 Å². The summed E-state index contributed by atoms with van der Waals surface area (Å²) in [4.78, 5) is 28.3. The fourth-order valence-electron chi connectivity index (χ4n) is 4.93. The molecule has 1 saturated heterocycles. The summed E-state index contributed by atoms with van der Waals surface area (Å²) < 4.78 is 20.0. The lowest BCUT2D eigenvalue weighted by molar-refractivity contribution is -0.127. The molecule has 160 valence electrons. The molecule has 1 amide bonds. The summed E-state index contributed by atoms with van der Waals surface area (Å²) in [5.74, 6) is -1.25. The van der Waals surface area contributed by atoms with Gasteiger partial charge in [-0.2, -0.15) is 0 Å². The number of carbonyl (C=O) groups is 1. The van der Waals surface area contributed by atoms with Crippen molar-refractivity contribution in [2.24, 2.45) is 11.8 Å². The number of aliphatic hydroxyl groups is 1. The number of carbonyl (C=O) groups excluding carboxylic acids is 1. The lowest BCUT2D eigenvalue weighted by Crippen LogP contribution is -2.44. The number of benzene rings is 1. The lowest BCUT2D eigenvalue weighted by atomic mass is 9.86. The summed E-state index contributed by atoms with van der Waals surface area (Å²) in [5, 5.41) is 13.0. The van der Waals surface area contributed by atoms with Gasteiger partial charge in [-0.1, -0.05) is 12.1 Å².